The Bertz CT molecular complexity index is 713. The summed E-state index contributed by atoms with van der Waals surface area (Å²) in [6.45, 7) is 6.41. The van der Waals surface area contributed by atoms with Gasteiger partial charge in [0.25, 0.3) is 0 Å². The molecular weight excluding hydrogens is 309 g/mol. The van der Waals surface area contributed by atoms with Crippen LogP contribution in [0.15, 0.2) is 18.3 Å². The average molecular weight is 333 g/mol. The van der Waals surface area contributed by atoms with E-state index in [0.717, 1.165) is 35.7 Å². The van der Waals surface area contributed by atoms with Gasteiger partial charge in [-0.1, -0.05) is 13.8 Å². The van der Waals surface area contributed by atoms with Gasteiger partial charge in [0.2, 0.25) is 0 Å². The second-order valence-electron chi connectivity index (χ2n) is 6.46. The number of aromatic nitrogens is 2. The van der Waals surface area contributed by atoms with Crippen LogP contribution in [0.5, 0.6) is 5.75 Å². The van der Waals surface area contributed by atoms with Crippen LogP contribution in [0.3, 0.4) is 0 Å². The molecule has 2 heterocycles. The van der Waals surface area contributed by atoms with E-state index >= 15 is 0 Å². The number of ether oxygens (including phenoxy) is 2. The molecule has 24 heavy (non-hydrogen) atoms. The van der Waals surface area contributed by atoms with E-state index in [2.05, 4.69) is 24.3 Å². The maximum atomic E-state index is 13.7. The van der Waals surface area contributed by atoms with E-state index in [1.165, 1.54) is 11.6 Å². The number of hydrogen-bond acceptors (Lipinski definition) is 4. The molecule has 0 radical (unpaired) electrons. The van der Waals surface area contributed by atoms with Crippen LogP contribution in [0.2, 0.25) is 0 Å². The first-order valence-electron chi connectivity index (χ1n) is 8.29. The van der Waals surface area contributed by atoms with E-state index in [4.69, 9.17) is 9.47 Å². The van der Waals surface area contributed by atoms with Crippen LogP contribution < -0.4 is 10.1 Å². The summed E-state index contributed by atoms with van der Waals surface area (Å²) in [7, 11) is 1.94. The molecule has 3 rings (SSSR count). The number of fused-ring (bicyclic) bond motifs is 1. The first kappa shape index (κ1) is 16.9. The largest absolute Gasteiger partial charge is 0.467 e. The topological polar surface area (TPSA) is 48.3 Å². The lowest BCUT2D eigenvalue weighted by atomic mass is 10.0. The molecule has 0 saturated carbocycles. The Balaban J connectivity index is 1.60. The zero-order valence-corrected chi connectivity index (χ0v) is 14.4. The van der Waals surface area contributed by atoms with Crippen molar-refractivity contribution < 1.29 is 13.9 Å². The Morgan fingerprint density at radius 1 is 1.33 bits per heavy atom. The minimum absolute atomic E-state index is 0.229. The summed E-state index contributed by atoms with van der Waals surface area (Å²) in [5.74, 6) is 0.924. The molecule has 6 heteroatoms. The van der Waals surface area contributed by atoms with Gasteiger partial charge in [0.1, 0.15) is 11.6 Å². The molecule has 0 amide bonds. The summed E-state index contributed by atoms with van der Waals surface area (Å²) >= 11 is 0. The van der Waals surface area contributed by atoms with Crippen molar-refractivity contribution in [2.24, 2.45) is 7.05 Å². The number of aryl methyl sites for hydroxylation is 1. The molecule has 5 nitrogen and oxygen atoms in total. The summed E-state index contributed by atoms with van der Waals surface area (Å²) in [4.78, 5) is 0. The first-order chi connectivity index (χ1) is 11.5. The Kier molecular flexibility index (Phi) is 5.16. The Morgan fingerprint density at radius 3 is 2.96 bits per heavy atom. The number of hydrogen-bond donors (Lipinski definition) is 1. The molecule has 130 valence electrons. The summed E-state index contributed by atoms with van der Waals surface area (Å²) in [6, 6.07) is 3.03. The maximum absolute atomic E-state index is 13.7. The van der Waals surface area contributed by atoms with Gasteiger partial charge in [-0.2, -0.15) is 5.10 Å². The molecule has 0 saturated heterocycles. The van der Waals surface area contributed by atoms with Crippen LogP contribution in [0.4, 0.5) is 4.39 Å². The number of benzene rings is 1. The lowest BCUT2D eigenvalue weighted by molar-refractivity contribution is -0.0172. The molecule has 1 aromatic heterocycles. The molecule has 0 spiro atoms. The molecule has 1 aliphatic heterocycles. The molecule has 1 aromatic carbocycles. The zero-order chi connectivity index (χ0) is 17.1. The molecule has 0 aliphatic carbocycles. The summed E-state index contributed by atoms with van der Waals surface area (Å²) in [6.07, 6.45) is 2.75. The van der Waals surface area contributed by atoms with Crippen LogP contribution in [0.25, 0.3) is 0 Å². The fourth-order valence-electron chi connectivity index (χ4n) is 3.07. The summed E-state index contributed by atoms with van der Waals surface area (Å²) < 4.78 is 26.3. The monoisotopic (exact) mass is 333 g/mol. The second kappa shape index (κ2) is 7.32. The first-order valence-corrected chi connectivity index (χ1v) is 8.29. The Hall–Kier alpha value is -1.92. The van der Waals surface area contributed by atoms with Crippen LogP contribution in [-0.2, 0) is 31.4 Å². The molecular formula is C18H24FN3O2. The van der Waals surface area contributed by atoms with Crippen molar-refractivity contribution in [2.45, 2.75) is 39.3 Å². The van der Waals surface area contributed by atoms with Crippen molar-refractivity contribution in [2.75, 3.05) is 13.3 Å². The van der Waals surface area contributed by atoms with Crippen molar-refractivity contribution in [3.8, 4) is 5.75 Å². The van der Waals surface area contributed by atoms with Crippen LogP contribution >= 0.6 is 0 Å². The van der Waals surface area contributed by atoms with Crippen molar-refractivity contribution in [1.29, 1.82) is 0 Å². The lowest BCUT2D eigenvalue weighted by Gasteiger charge is -2.21. The zero-order valence-electron chi connectivity index (χ0n) is 14.4. The molecule has 0 bridgehead atoms. The molecule has 1 N–H and O–H groups in total. The average Bonchev–Trinajstić information content (AvgIpc) is 2.92. The minimum atomic E-state index is -0.243. The highest BCUT2D eigenvalue weighted by atomic mass is 19.1. The smallest absolute Gasteiger partial charge is 0.189 e. The van der Waals surface area contributed by atoms with Gasteiger partial charge in [-0.25, -0.2) is 4.39 Å². The van der Waals surface area contributed by atoms with Gasteiger partial charge in [-0.3, -0.25) is 4.68 Å². The third-order valence-electron chi connectivity index (χ3n) is 4.12. The normalized spacial score (nSPS) is 13.9. The third-order valence-corrected chi connectivity index (χ3v) is 4.12. The van der Waals surface area contributed by atoms with Gasteiger partial charge >= 0.3 is 0 Å². The highest BCUT2D eigenvalue weighted by Gasteiger charge is 2.17. The van der Waals surface area contributed by atoms with Crippen LogP contribution in [0, 0.1) is 5.82 Å². The van der Waals surface area contributed by atoms with E-state index < -0.39 is 0 Å². The van der Waals surface area contributed by atoms with E-state index in [9.17, 15) is 4.39 Å². The summed E-state index contributed by atoms with van der Waals surface area (Å²) in [5.41, 5.74) is 3.99. The quantitative estimate of drug-likeness (QED) is 0.826. The Labute approximate surface area is 141 Å². The third kappa shape index (κ3) is 3.76. The van der Waals surface area contributed by atoms with Crippen molar-refractivity contribution in [1.82, 2.24) is 15.1 Å². The molecule has 0 unspecified atom stereocenters. The van der Waals surface area contributed by atoms with Gasteiger partial charge in [0, 0.05) is 30.9 Å². The Morgan fingerprint density at radius 2 is 2.17 bits per heavy atom. The minimum Gasteiger partial charge on any atom is -0.467 e. The maximum Gasteiger partial charge on any atom is 0.189 e. The van der Waals surface area contributed by atoms with E-state index in [0.29, 0.717) is 18.9 Å². The molecule has 0 atom stereocenters. The van der Waals surface area contributed by atoms with Crippen molar-refractivity contribution in [3.05, 3.63) is 46.5 Å². The highest BCUT2D eigenvalue weighted by molar-refractivity contribution is 5.42. The van der Waals surface area contributed by atoms with E-state index in [1.54, 1.807) is 6.07 Å². The summed E-state index contributed by atoms with van der Waals surface area (Å²) in [5, 5.41) is 7.93. The predicted molar refractivity (Wildman–Crippen MR) is 89.4 cm³/mol. The predicted octanol–water partition coefficient (Wildman–Crippen LogP) is 2.88. The molecule has 1 aliphatic rings. The van der Waals surface area contributed by atoms with Crippen molar-refractivity contribution >= 4 is 0 Å². The van der Waals surface area contributed by atoms with Crippen LogP contribution in [0.1, 0.15) is 42.1 Å². The van der Waals surface area contributed by atoms with Crippen LogP contribution in [-0.4, -0.2) is 23.1 Å². The molecule has 2 aromatic rings. The molecule has 0 fully saturated rings. The number of halogens is 1. The second-order valence-corrected chi connectivity index (χ2v) is 6.46. The fraction of sp³-hybridized carbons (Fsp3) is 0.500. The van der Waals surface area contributed by atoms with Gasteiger partial charge in [-0.05, 0) is 36.6 Å². The lowest BCUT2D eigenvalue weighted by Crippen LogP contribution is -2.19. The highest BCUT2D eigenvalue weighted by Crippen LogP contribution is 2.29. The van der Waals surface area contributed by atoms with E-state index in [1.807, 2.05) is 17.9 Å². The standard InChI is InChI=1S/C18H24FN3O2/c1-12(2)17-15(9-22(3)21-17)8-20-5-4-13-6-16(19)7-14-10-23-11-24-18(13)14/h6-7,9,12,20H,4-5,8,10-11H2,1-3H3. The van der Waals surface area contributed by atoms with Gasteiger partial charge in [0.15, 0.2) is 6.79 Å². The van der Waals surface area contributed by atoms with Crippen molar-refractivity contribution in [3.63, 3.8) is 0 Å². The SMILES string of the molecule is CC(C)c1nn(C)cc1CNCCc1cc(F)cc2c1OCOC2. The van der Waals surface area contributed by atoms with E-state index in [-0.39, 0.29) is 12.6 Å². The fourth-order valence-corrected chi connectivity index (χ4v) is 3.07. The number of nitrogens with zero attached hydrogens (tertiary/aromatic N) is 2. The van der Waals surface area contributed by atoms with Gasteiger partial charge in [-0.15, -0.1) is 0 Å². The van der Waals surface area contributed by atoms with Gasteiger partial charge < -0.3 is 14.8 Å². The van der Waals surface area contributed by atoms with Gasteiger partial charge in [0.05, 0.1) is 12.3 Å². The number of rotatable bonds is 6. The number of nitrogens with one attached hydrogen (secondary N) is 1.